The number of rotatable bonds is 5. The Morgan fingerprint density at radius 2 is 2.24 bits per heavy atom. The molecule has 6 heteroatoms. The van der Waals surface area contributed by atoms with Crippen molar-refractivity contribution in [3.63, 3.8) is 0 Å². The molecule has 1 aromatic heterocycles. The van der Waals surface area contributed by atoms with Gasteiger partial charge in [0.2, 0.25) is 0 Å². The lowest BCUT2D eigenvalue weighted by Gasteiger charge is -2.08. The quantitative estimate of drug-likeness (QED) is 0.658. The molecule has 5 nitrogen and oxygen atoms in total. The summed E-state index contributed by atoms with van der Waals surface area (Å²) in [5, 5.41) is 3.51. The third kappa shape index (κ3) is 4.65. The summed E-state index contributed by atoms with van der Waals surface area (Å²) in [6, 6.07) is 11.1. The van der Waals surface area contributed by atoms with Crippen LogP contribution in [0.2, 0.25) is 5.02 Å². The normalized spacial score (nSPS) is 11.2. The molecule has 1 heterocycles. The number of methoxy groups -OCH3 is 1. The molecule has 3 N–H and O–H groups in total. The van der Waals surface area contributed by atoms with E-state index in [1.165, 1.54) is 0 Å². The fourth-order valence-corrected chi connectivity index (χ4v) is 2.03. The lowest BCUT2D eigenvalue weighted by molar-refractivity contribution is 0.415. The van der Waals surface area contributed by atoms with Crippen LogP contribution in [0.1, 0.15) is 5.69 Å². The first-order chi connectivity index (χ1) is 10.2. The van der Waals surface area contributed by atoms with Crippen molar-refractivity contribution in [2.24, 2.45) is 10.7 Å². The predicted octanol–water partition coefficient (Wildman–Crippen LogP) is 2.71. The summed E-state index contributed by atoms with van der Waals surface area (Å²) in [5.41, 5.74) is 7.59. The zero-order chi connectivity index (χ0) is 15.1. The lowest BCUT2D eigenvalue weighted by atomic mass is 10.3. The topological polar surface area (TPSA) is 72.5 Å². The molecule has 0 radical (unpaired) electrons. The fourth-order valence-electron chi connectivity index (χ4n) is 1.77. The molecule has 21 heavy (non-hydrogen) atoms. The monoisotopic (exact) mass is 304 g/mol. The van der Waals surface area contributed by atoms with Gasteiger partial charge in [-0.15, -0.1) is 0 Å². The summed E-state index contributed by atoms with van der Waals surface area (Å²) in [5.74, 6) is 0.958. The Bertz CT molecular complexity index is 616. The Labute approximate surface area is 128 Å². The Morgan fingerprint density at radius 3 is 2.90 bits per heavy atom. The summed E-state index contributed by atoms with van der Waals surface area (Å²) >= 11 is 6.04. The van der Waals surface area contributed by atoms with Crippen LogP contribution < -0.4 is 15.8 Å². The highest BCUT2D eigenvalue weighted by molar-refractivity contribution is 6.32. The van der Waals surface area contributed by atoms with Gasteiger partial charge in [0.25, 0.3) is 0 Å². The molecule has 0 unspecified atom stereocenters. The van der Waals surface area contributed by atoms with E-state index in [-0.39, 0.29) is 0 Å². The first kappa shape index (κ1) is 15.1. The minimum absolute atomic E-state index is 0.340. The third-order valence-corrected chi connectivity index (χ3v) is 3.10. The van der Waals surface area contributed by atoms with Crippen LogP contribution in [-0.2, 0) is 6.42 Å². The number of anilines is 1. The van der Waals surface area contributed by atoms with Crippen molar-refractivity contribution in [3.8, 4) is 5.75 Å². The molecule has 0 fully saturated rings. The van der Waals surface area contributed by atoms with Crippen LogP contribution in [0.3, 0.4) is 0 Å². The molecule has 2 aromatic rings. The zero-order valence-electron chi connectivity index (χ0n) is 11.7. The van der Waals surface area contributed by atoms with E-state index in [9.17, 15) is 0 Å². The summed E-state index contributed by atoms with van der Waals surface area (Å²) in [6.45, 7) is 0.569. The van der Waals surface area contributed by atoms with Gasteiger partial charge >= 0.3 is 0 Å². The van der Waals surface area contributed by atoms with Crippen LogP contribution in [0.5, 0.6) is 5.75 Å². The van der Waals surface area contributed by atoms with E-state index in [1.807, 2.05) is 24.3 Å². The fraction of sp³-hybridized carbons (Fsp3) is 0.200. The van der Waals surface area contributed by atoms with Gasteiger partial charge in [0, 0.05) is 30.5 Å². The van der Waals surface area contributed by atoms with E-state index < -0.39 is 0 Å². The third-order valence-electron chi connectivity index (χ3n) is 2.80. The maximum Gasteiger partial charge on any atom is 0.193 e. The predicted molar refractivity (Wildman–Crippen MR) is 86.1 cm³/mol. The standard InChI is InChI=1S/C15H17ClN4O/c1-21-14-6-5-12(10-13(14)16)20-15(17)19-9-7-11-4-2-3-8-18-11/h2-6,8,10H,7,9H2,1H3,(H3,17,19,20). The number of halogens is 1. The number of pyridine rings is 1. The number of aliphatic imine (C=N–C) groups is 1. The highest BCUT2D eigenvalue weighted by Gasteiger charge is 2.02. The number of nitrogens with zero attached hydrogens (tertiary/aromatic N) is 2. The highest BCUT2D eigenvalue weighted by atomic mass is 35.5. The van der Waals surface area contributed by atoms with Crippen molar-refractivity contribution in [1.29, 1.82) is 0 Å². The molecule has 0 saturated carbocycles. The van der Waals surface area contributed by atoms with Crippen LogP contribution in [0, 0.1) is 0 Å². The van der Waals surface area contributed by atoms with E-state index in [1.54, 1.807) is 25.4 Å². The van der Waals surface area contributed by atoms with Crippen LogP contribution in [0.15, 0.2) is 47.6 Å². The van der Waals surface area contributed by atoms with E-state index >= 15 is 0 Å². The van der Waals surface area contributed by atoms with Gasteiger partial charge in [-0.2, -0.15) is 0 Å². The van der Waals surface area contributed by atoms with Crippen LogP contribution in [0.25, 0.3) is 0 Å². The number of nitrogens with two attached hydrogens (primary N) is 1. The molecule has 0 amide bonds. The second-order valence-corrected chi connectivity index (χ2v) is 4.72. The Morgan fingerprint density at radius 1 is 1.38 bits per heavy atom. The summed E-state index contributed by atoms with van der Waals surface area (Å²) in [7, 11) is 1.57. The molecule has 0 saturated heterocycles. The molecule has 0 atom stereocenters. The lowest BCUT2D eigenvalue weighted by Crippen LogP contribution is -2.23. The smallest absolute Gasteiger partial charge is 0.193 e. The molecule has 0 spiro atoms. The maximum absolute atomic E-state index is 6.04. The SMILES string of the molecule is COc1ccc(NC(N)=NCCc2ccccn2)cc1Cl. The summed E-state index contributed by atoms with van der Waals surface area (Å²) < 4.78 is 5.09. The van der Waals surface area contributed by atoms with E-state index in [0.717, 1.165) is 17.8 Å². The average Bonchev–Trinajstić information content (AvgIpc) is 2.48. The minimum Gasteiger partial charge on any atom is -0.495 e. The molecule has 0 aliphatic rings. The van der Waals surface area contributed by atoms with Gasteiger partial charge in [0.1, 0.15) is 5.75 Å². The van der Waals surface area contributed by atoms with Crippen LogP contribution in [0.4, 0.5) is 5.69 Å². The van der Waals surface area contributed by atoms with Gasteiger partial charge in [-0.3, -0.25) is 9.98 Å². The van der Waals surface area contributed by atoms with Gasteiger partial charge < -0.3 is 15.8 Å². The van der Waals surface area contributed by atoms with Gasteiger partial charge in [-0.1, -0.05) is 17.7 Å². The number of guanidine groups is 1. The van der Waals surface area contributed by atoms with Crippen molar-refractivity contribution in [1.82, 2.24) is 4.98 Å². The molecular weight excluding hydrogens is 288 g/mol. The Hall–Kier alpha value is -2.27. The highest BCUT2D eigenvalue weighted by Crippen LogP contribution is 2.26. The number of nitrogens with one attached hydrogen (secondary N) is 1. The van der Waals surface area contributed by atoms with E-state index in [4.69, 9.17) is 22.1 Å². The first-order valence-corrected chi connectivity index (χ1v) is 6.87. The number of aromatic nitrogens is 1. The molecule has 1 aromatic carbocycles. The van der Waals surface area contributed by atoms with Crippen molar-refractivity contribution in [2.75, 3.05) is 19.0 Å². The van der Waals surface area contributed by atoms with Gasteiger partial charge in [0.05, 0.1) is 12.1 Å². The summed E-state index contributed by atoms with van der Waals surface area (Å²) in [4.78, 5) is 8.48. The van der Waals surface area contributed by atoms with Crippen molar-refractivity contribution in [3.05, 3.63) is 53.3 Å². The second kappa shape index (κ2) is 7.50. The Balaban J connectivity index is 1.90. The molecule has 2 rings (SSSR count). The number of hydrogen-bond donors (Lipinski definition) is 2. The molecule has 0 aliphatic carbocycles. The molecule has 0 bridgehead atoms. The molecule has 110 valence electrons. The summed E-state index contributed by atoms with van der Waals surface area (Å²) in [6.07, 6.45) is 2.51. The minimum atomic E-state index is 0.340. The molecule has 0 aliphatic heterocycles. The first-order valence-electron chi connectivity index (χ1n) is 6.49. The largest absolute Gasteiger partial charge is 0.495 e. The van der Waals surface area contributed by atoms with Gasteiger partial charge in [0.15, 0.2) is 5.96 Å². The Kier molecular flexibility index (Phi) is 5.40. The van der Waals surface area contributed by atoms with Crippen LogP contribution >= 0.6 is 11.6 Å². The van der Waals surface area contributed by atoms with Crippen LogP contribution in [-0.4, -0.2) is 24.6 Å². The van der Waals surface area contributed by atoms with E-state index in [2.05, 4.69) is 15.3 Å². The average molecular weight is 305 g/mol. The second-order valence-electron chi connectivity index (χ2n) is 4.31. The van der Waals surface area contributed by atoms with E-state index in [0.29, 0.717) is 23.3 Å². The van der Waals surface area contributed by atoms with Crippen molar-refractivity contribution in [2.45, 2.75) is 6.42 Å². The maximum atomic E-state index is 6.04. The van der Waals surface area contributed by atoms with Gasteiger partial charge in [-0.25, -0.2) is 0 Å². The number of ether oxygens (including phenoxy) is 1. The van der Waals surface area contributed by atoms with Crippen molar-refractivity contribution < 1.29 is 4.74 Å². The zero-order valence-corrected chi connectivity index (χ0v) is 12.5. The van der Waals surface area contributed by atoms with Gasteiger partial charge in [-0.05, 0) is 30.3 Å². The number of hydrogen-bond acceptors (Lipinski definition) is 3. The molecular formula is C15H17ClN4O. The van der Waals surface area contributed by atoms with Crippen molar-refractivity contribution >= 4 is 23.2 Å². The number of benzene rings is 1.